The van der Waals surface area contributed by atoms with Gasteiger partial charge >= 0.3 is 0 Å². The van der Waals surface area contributed by atoms with Crippen LogP contribution in [0.3, 0.4) is 0 Å². The van der Waals surface area contributed by atoms with Crippen LogP contribution in [-0.2, 0) is 10.0 Å². The number of nitrogens with zero attached hydrogens (tertiary/aromatic N) is 4. The normalized spacial score (nSPS) is 11.7. The molecule has 0 saturated heterocycles. The number of nitrogen functional groups attached to an aromatic ring is 1. The van der Waals surface area contributed by atoms with E-state index in [2.05, 4.69) is 19.8 Å². The first-order chi connectivity index (χ1) is 13.7. The molecule has 0 spiro atoms. The summed E-state index contributed by atoms with van der Waals surface area (Å²) in [5.41, 5.74) is 8.58. The van der Waals surface area contributed by atoms with Gasteiger partial charge in [0.25, 0.3) is 0 Å². The van der Waals surface area contributed by atoms with Crippen molar-refractivity contribution in [2.75, 3.05) is 16.7 Å². The van der Waals surface area contributed by atoms with Crippen molar-refractivity contribution >= 4 is 38.8 Å². The van der Waals surface area contributed by atoms with Crippen molar-refractivity contribution in [3.8, 4) is 22.5 Å². The zero-order valence-electron chi connectivity index (χ0n) is 15.0. The maximum atomic E-state index is 13.7. The largest absolute Gasteiger partial charge is 0.382 e. The van der Waals surface area contributed by atoms with E-state index in [1.165, 1.54) is 28.9 Å². The van der Waals surface area contributed by atoms with E-state index in [0.717, 1.165) is 6.26 Å². The highest BCUT2D eigenvalue weighted by Gasteiger charge is 2.16. The van der Waals surface area contributed by atoms with Crippen molar-refractivity contribution in [1.29, 1.82) is 0 Å². The Hall–Kier alpha value is -3.24. The molecule has 0 aliphatic heterocycles. The zero-order chi connectivity index (χ0) is 20.8. The molecule has 4 aromatic rings. The van der Waals surface area contributed by atoms with Crippen LogP contribution in [0.4, 0.5) is 15.9 Å². The molecule has 0 fully saturated rings. The van der Waals surface area contributed by atoms with E-state index in [1.54, 1.807) is 24.3 Å². The first-order valence-corrected chi connectivity index (χ1v) is 10.5. The van der Waals surface area contributed by atoms with E-state index < -0.39 is 15.8 Å². The summed E-state index contributed by atoms with van der Waals surface area (Å²) in [5.74, 6) is -0.208. The average molecular weight is 433 g/mol. The van der Waals surface area contributed by atoms with Crippen LogP contribution < -0.4 is 10.5 Å². The molecule has 3 aromatic heterocycles. The number of rotatable bonds is 4. The minimum absolute atomic E-state index is 0.00702. The zero-order valence-corrected chi connectivity index (χ0v) is 16.5. The van der Waals surface area contributed by atoms with Gasteiger partial charge < -0.3 is 5.73 Å². The van der Waals surface area contributed by atoms with Crippen LogP contribution in [0.5, 0.6) is 0 Å². The summed E-state index contributed by atoms with van der Waals surface area (Å²) in [6.45, 7) is 0. The second kappa shape index (κ2) is 6.98. The second-order valence-corrected chi connectivity index (χ2v) is 8.39. The van der Waals surface area contributed by atoms with Gasteiger partial charge in [0.1, 0.15) is 11.5 Å². The second-order valence-electron chi connectivity index (χ2n) is 6.28. The molecule has 0 unspecified atom stereocenters. The summed E-state index contributed by atoms with van der Waals surface area (Å²) >= 11 is 5.98. The SMILES string of the molecule is CS(=O)(=O)Nc1cc(-c2ccc3nc(N)c(-c4cccc(F)c4)n3n2)cnc1Cl. The topological polar surface area (TPSA) is 115 Å². The van der Waals surface area contributed by atoms with E-state index in [0.29, 0.717) is 28.2 Å². The Bertz CT molecular complexity index is 1360. The molecular weight excluding hydrogens is 419 g/mol. The summed E-state index contributed by atoms with van der Waals surface area (Å²) in [7, 11) is -3.54. The number of hydrogen-bond donors (Lipinski definition) is 2. The number of nitrogens with two attached hydrogens (primary N) is 1. The number of sulfonamides is 1. The average Bonchev–Trinajstić information content (AvgIpc) is 2.97. The lowest BCUT2D eigenvalue weighted by atomic mass is 10.1. The number of imidazole rings is 1. The predicted octanol–water partition coefficient (Wildman–Crippen LogP) is 3.20. The molecule has 0 bridgehead atoms. The van der Waals surface area contributed by atoms with E-state index in [9.17, 15) is 12.8 Å². The van der Waals surface area contributed by atoms with Crippen molar-refractivity contribution in [3.63, 3.8) is 0 Å². The van der Waals surface area contributed by atoms with Crippen molar-refractivity contribution in [2.24, 2.45) is 0 Å². The summed E-state index contributed by atoms with van der Waals surface area (Å²) in [4.78, 5) is 8.28. The van der Waals surface area contributed by atoms with Gasteiger partial charge in [0, 0.05) is 17.3 Å². The fourth-order valence-corrected chi connectivity index (χ4v) is 3.63. The van der Waals surface area contributed by atoms with E-state index >= 15 is 0 Å². The van der Waals surface area contributed by atoms with Crippen LogP contribution in [0.25, 0.3) is 28.2 Å². The van der Waals surface area contributed by atoms with Gasteiger partial charge in [-0.15, -0.1) is 0 Å². The quantitative estimate of drug-likeness (QED) is 0.478. The van der Waals surface area contributed by atoms with Gasteiger partial charge in [-0.05, 0) is 30.3 Å². The molecule has 3 heterocycles. The lowest BCUT2D eigenvalue weighted by molar-refractivity contribution is 0.606. The maximum absolute atomic E-state index is 13.7. The molecule has 8 nitrogen and oxygen atoms in total. The molecule has 148 valence electrons. The Balaban J connectivity index is 1.86. The first kappa shape index (κ1) is 19.1. The number of aromatic nitrogens is 4. The van der Waals surface area contributed by atoms with Gasteiger partial charge in [-0.3, -0.25) is 4.72 Å². The number of halogens is 2. The Kier molecular flexibility index (Phi) is 4.59. The van der Waals surface area contributed by atoms with Gasteiger partial charge in [0.2, 0.25) is 10.0 Å². The smallest absolute Gasteiger partial charge is 0.229 e. The van der Waals surface area contributed by atoms with Gasteiger partial charge in [-0.25, -0.2) is 27.3 Å². The third kappa shape index (κ3) is 3.84. The molecule has 0 aliphatic carbocycles. The van der Waals surface area contributed by atoms with Crippen LogP contribution in [-0.4, -0.2) is 34.3 Å². The lowest BCUT2D eigenvalue weighted by Gasteiger charge is -2.09. The van der Waals surface area contributed by atoms with Crippen molar-refractivity contribution < 1.29 is 12.8 Å². The van der Waals surface area contributed by atoms with Crippen LogP contribution in [0.2, 0.25) is 5.15 Å². The fourth-order valence-electron chi connectivity index (χ4n) is 2.87. The summed E-state index contributed by atoms with van der Waals surface area (Å²) in [6, 6.07) is 10.8. The standard InChI is InChI=1S/C18H14ClFN6O2S/c1-29(27,28)25-14-8-11(9-22-17(14)19)13-5-6-15-23-18(21)16(26(15)24-13)10-3-2-4-12(20)7-10/h2-9,25H,21H2,1H3. The molecule has 0 amide bonds. The minimum Gasteiger partial charge on any atom is -0.382 e. The van der Waals surface area contributed by atoms with Crippen molar-refractivity contribution in [3.05, 3.63) is 59.6 Å². The van der Waals surface area contributed by atoms with Crippen LogP contribution >= 0.6 is 11.6 Å². The third-order valence-corrected chi connectivity index (χ3v) is 4.92. The number of pyridine rings is 1. The number of fused-ring (bicyclic) bond motifs is 1. The Morgan fingerprint density at radius 1 is 1.17 bits per heavy atom. The Morgan fingerprint density at radius 2 is 1.97 bits per heavy atom. The van der Waals surface area contributed by atoms with Crippen LogP contribution in [0.15, 0.2) is 48.7 Å². The first-order valence-electron chi connectivity index (χ1n) is 8.26. The molecule has 1 aromatic carbocycles. The van der Waals surface area contributed by atoms with E-state index in [-0.39, 0.29) is 16.7 Å². The number of nitrogens with one attached hydrogen (secondary N) is 1. The Labute approximate surface area is 170 Å². The van der Waals surface area contributed by atoms with Gasteiger partial charge in [0.15, 0.2) is 16.6 Å². The Morgan fingerprint density at radius 3 is 2.69 bits per heavy atom. The summed E-state index contributed by atoms with van der Waals surface area (Å²) in [5, 5.41) is 4.54. The molecule has 3 N–H and O–H groups in total. The summed E-state index contributed by atoms with van der Waals surface area (Å²) in [6.07, 6.45) is 2.48. The highest BCUT2D eigenvalue weighted by molar-refractivity contribution is 7.92. The molecule has 11 heteroatoms. The molecule has 0 radical (unpaired) electrons. The highest BCUT2D eigenvalue weighted by atomic mass is 35.5. The lowest BCUT2D eigenvalue weighted by Crippen LogP contribution is -2.10. The van der Waals surface area contributed by atoms with E-state index in [1.807, 2.05) is 0 Å². The molecule has 0 saturated carbocycles. The molecule has 0 atom stereocenters. The van der Waals surface area contributed by atoms with Crippen molar-refractivity contribution in [1.82, 2.24) is 19.6 Å². The van der Waals surface area contributed by atoms with Gasteiger partial charge in [-0.2, -0.15) is 5.10 Å². The van der Waals surface area contributed by atoms with Crippen LogP contribution in [0, 0.1) is 5.82 Å². The van der Waals surface area contributed by atoms with Crippen LogP contribution in [0.1, 0.15) is 0 Å². The molecule has 4 rings (SSSR count). The highest BCUT2D eigenvalue weighted by Crippen LogP contribution is 2.30. The molecule has 0 aliphatic rings. The predicted molar refractivity (Wildman–Crippen MR) is 110 cm³/mol. The van der Waals surface area contributed by atoms with Crippen molar-refractivity contribution in [2.45, 2.75) is 0 Å². The van der Waals surface area contributed by atoms with E-state index in [4.69, 9.17) is 17.3 Å². The number of benzene rings is 1. The number of hydrogen-bond acceptors (Lipinski definition) is 6. The minimum atomic E-state index is -3.54. The van der Waals surface area contributed by atoms with Gasteiger partial charge in [-0.1, -0.05) is 23.7 Å². The molecular formula is C18H14ClFN6O2S. The maximum Gasteiger partial charge on any atom is 0.229 e. The summed E-state index contributed by atoms with van der Waals surface area (Å²) < 4.78 is 40.6. The third-order valence-electron chi connectivity index (χ3n) is 4.03. The molecule has 29 heavy (non-hydrogen) atoms. The number of anilines is 2. The fraction of sp³-hybridized carbons (Fsp3) is 0.0556. The van der Waals surface area contributed by atoms with Gasteiger partial charge in [0.05, 0.1) is 17.6 Å². The monoisotopic (exact) mass is 432 g/mol.